The lowest BCUT2D eigenvalue weighted by molar-refractivity contribution is -0.115. The largest absolute Gasteiger partial charge is 0.493 e. The van der Waals surface area contributed by atoms with Gasteiger partial charge in [-0.3, -0.25) is 4.79 Å². The fourth-order valence-corrected chi connectivity index (χ4v) is 0.980. The van der Waals surface area contributed by atoms with Gasteiger partial charge < -0.3 is 15.8 Å². The topological polar surface area (TPSA) is 77.2 Å². The van der Waals surface area contributed by atoms with Crippen molar-refractivity contribution in [2.75, 3.05) is 18.2 Å². The van der Waals surface area contributed by atoms with Gasteiger partial charge >= 0.3 is 0 Å². The zero-order valence-corrected chi connectivity index (χ0v) is 9.21. The number of aromatic nitrogens is 1. The molecule has 1 aromatic heterocycles. The molecule has 82 valence electrons. The van der Waals surface area contributed by atoms with E-state index in [1.165, 1.54) is 13.3 Å². The van der Waals surface area contributed by atoms with Crippen molar-refractivity contribution in [2.24, 2.45) is 0 Å². The van der Waals surface area contributed by atoms with E-state index in [-0.39, 0.29) is 5.91 Å². The van der Waals surface area contributed by atoms with Crippen molar-refractivity contribution in [3.8, 4) is 5.75 Å². The van der Waals surface area contributed by atoms with Crippen LogP contribution in [0.25, 0.3) is 0 Å². The van der Waals surface area contributed by atoms with Crippen LogP contribution in [0.15, 0.2) is 12.3 Å². The Bertz CT molecular complexity index is 368. The van der Waals surface area contributed by atoms with Crippen LogP contribution in [0.1, 0.15) is 6.92 Å². The van der Waals surface area contributed by atoms with Gasteiger partial charge in [0, 0.05) is 6.07 Å². The lowest BCUT2D eigenvalue weighted by Crippen LogP contribution is -2.21. The fraction of sp³-hybridized carbons (Fsp3) is 0.333. The number of nitrogens with zero attached hydrogens (tertiary/aromatic N) is 1. The molecule has 0 fully saturated rings. The van der Waals surface area contributed by atoms with Crippen LogP contribution in [-0.2, 0) is 4.79 Å². The Labute approximate surface area is 92.6 Å². The zero-order chi connectivity index (χ0) is 11.4. The maximum atomic E-state index is 11.3. The van der Waals surface area contributed by atoms with Gasteiger partial charge in [0.2, 0.25) is 5.91 Å². The van der Waals surface area contributed by atoms with Crippen molar-refractivity contribution in [3.63, 3.8) is 0 Å². The molecule has 6 heteroatoms. The van der Waals surface area contributed by atoms with E-state index in [9.17, 15) is 4.79 Å². The van der Waals surface area contributed by atoms with Crippen LogP contribution in [0.2, 0.25) is 0 Å². The first kappa shape index (κ1) is 11.6. The number of carbonyl (C=O) groups excluding carboxylic acids is 1. The third-order valence-corrected chi connectivity index (χ3v) is 1.89. The van der Waals surface area contributed by atoms with Gasteiger partial charge in [-0.05, 0) is 6.92 Å². The van der Waals surface area contributed by atoms with Crippen LogP contribution in [-0.4, -0.2) is 23.4 Å². The smallest absolute Gasteiger partial charge is 0.243 e. The van der Waals surface area contributed by atoms with Crippen LogP contribution >= 0.6 is 11.6 Å². The zero-order valence-electron chi connectivity index (χ0n) is 8.45. The first-order valence-corrected chi connectivity index (χ1v) is 4.72. The second kappa shape index (κ2) is 4.84. The number of hydrogen-bond donors (Lipinski definition) is 2. The number of halogens is 1. The van der Waals surface area contributed by atoms with E-state index in [0.29, 0.717) is 17.3 Å². The summed E-state index contributed by atoms with van der Waals surface area (Å²) in [5.74, 6) is 0.372. The minimum absolute atomic E-state index is 0.309. The third kappa shape index (κ3) is 2.99. The number of hydrogen-bond acceptors (Lipinski definition) is 4. The van der Waals surface area contributed by atoms with Crippen LogP contribution in [0.5, 0.6) is 5.75 Å². The summed E-state index contributed by atoms with van der Waals surface area (Å²) < 4.78 is 5.01. The SMILES string of the molecule is COc1cc(N)cnc1NC(=O)C(C)Cl. The Morgan fingerprint density at radius 2 is 2.40 bits per heavy atom. The summed E-state index contributed by atoms with van der Waals surface area (Å²) in [5, 5.41) is 1.90. The minimum atomic E-state index is -0.631. The first-order valence-electron chi connectivity index (χ1n) is 4.29. The molecule has 0 aliphatic heterocycles. The predicted octanol–water partition coefficient (Wildman–Crippen LogP) is 1.24. The molecule has 5 nitrogen and oxygen atoms in total. The van der Waals surface area contributed by atoms with E-state index < -0.39 is 5.38 Å². The van der Waals surface area contributed by atoms with E-state index in [0.717, 1.165) is 0 Å². The average molecular weight is 230 g/mol. The van der Waals surface area contributed by atoms with Gasteiger partial charge in [0.05, 0.1) is 19.0 Å². The quantitative estimate of drug-likeness (QED) is 0.765. The first-order chi connectivity index (χ1) is 7.04. The van der Waals surface area contributed by atoms with Gasteiger partial charge in [-0.2, -0.15) is 0 Å². The number of carbonyl (C=O) groups is 1. The highest BCUT2D eigenvalue weighted by Gasteiger charge is 2.13. The van der Waals surface area contributed by atoms with Crippen molar-refractivity contribution >= 4 is 29.0 Å². The molecule has 1 amide bonds. The summed E-state index contributed by atoms with van der Waals surface area (Å²) >= 11 is 5.60. The van der Waals surface area contributed by atoms with Gasteiger partial charge in [-0.25, -0.2) is 4.98 Å². The van der Waals surface area contributed by atoms with Crippen LogP contribution in [0, 0.1) is 0 Å². The van der Waals surface area contributed by atoms with Crippen LogP contribution in [0.4, 0.5) is 11.5 Å². The average Bonchev–Trinajstić information content (AvgIpc) is 2.20. The molecule has 1 heterocycles. The summed E-state index contributed by atoms with van der Waals surface area (Å²) in [6.45, 7) is 1.57. The van der Waals surface area contributed by atoms with Crippen molar-refractivity contribution < 1.29 is 9.53 Å². The highest BCUT2D eigenvalue weighted by molar-refractivity contribution is 6.32. The fourth-order valence-electron chi connectivity index (χ4n) is 0.925. The number of ether oxygens (including phenoxy) is 1. The van der Waals surface area contributed by atoms with Gasteiger partial charge in [0.25, 0.3) is 0 Å². The van der Waals surface area contributed by atoms with Crippen molar-refractivity contribution in [1.82, 2.24) is 4.98 Å². The standard InChI is InChI=1S/C9H12ClN3O2/c1-5(10)9(14)13-8-7(15-2)3-6(11)4-12-8/h3-5H,11H2,1-2H3,(H,12,13,14). The van der Waals surface area contributed by atoms with E-state index >= 15 is 0 Å². The molecule has 1 unspecified atom stereocenters. The number of amides is 1. The Hall–Kier alpha value is -1.49. The van der Waals surface area contributed by atoms with Gasteiger partial charge in [0.1, 0.15) is 5.38 Å². The summed E-state index contributed by atoms with van der Waals surface area (Å²) in [5.41, 5.74) is 5.97. The molecule has 0 aliphatic rings. The summed E-state index contributed by atoms with van der Waals surface area (Å²) in [6.07, 6.45) is 1.43. The number of methoxy groups -OCH3 is 1. The minimum Gasteiger partial charge on any atom is -0.493 e. The Balaban J connectivity index is 2.89. The van der Waals surface area contributed by atoms with Crippen molar-refractivity contribution in [1.29, 1.82) is 0 Å². The molecule has 0 spiro atoms. The Morgan fingerprint density at radius 1 is 1.73 bits per heavy atom. The van der Waals surface area contributed by atoms with Gasteiger partial charge in [-0.1, -0.05) is 0 Å². The molecule has 1 atom stereocenters. The molecule has 0 radical (unpaired) electrons. The number of nitrogens with two attached hydrogens (primary N) is 1. The third-order valence-electron chi connectivity index (χ3n) is 1.70. The summed E-state index contributed by atoms with van der Waals surface area (Å²) in [4.78, 5) is 15.2. The predicted molar refractivity (Wildman–Crippen MR) is 59.1 cm³/mol. The molecule has 0 aromatic carbocycles. The number of alkyl halides is 1. The monoisotopic (exact) mass is 229 g/mol. The highest BCUT2D eigenvalue weighted by Crippen LogP contribution is 2.23. The number of rotatable bonds is 3. The normalized spacial score (nSPS) is 11.9. The number of pyridine rings is 1. The maximum absolute atomic E-state index is 11.3. The molecule has 1 aromatic rings. The molecule has 0 aliphatic carbocycles. The number of anilines is 2. The van der Waals surface area contributed by atoms with E-state index in [1.54, 1.807) is 13.0 Å². The molecule has 0 saturated carbocycles. The van der Waals surface area contributed by atoms with Gasteiger partial charge in [-0.15, -0.1) is 11.6 Å². The number of nitrogens with one attached hydrogen (secondary N) is 1. The van der Waals surface area contributed by atoms with Gasteiger partial charge in [0.15, 0.2) is 11.6 Å². The molecule has 0 saturated heterocycles. The molecule has 0 bridgehead atoms. The van der Waals surface area contributed by atoms with Crippen LogP contribution < -0.4 is 15.8 Å². The molecular formula is C9H12ClN3O2. The molecule has 1 rings (SSSR count). The Morgan fingerprint density at radius 3 is 2.93 bits per heavy atom. The van der Waals surface area contributed by atoms with Crippen molar-refractivity contribution in [3.05, 3.63) is 12.3 Å². The summed E-state index contributed by atoms with van der Waals surface area (Å²) in [6, 6.07) is 1.57. The van der Waals surface area contributed by atoms with E-state index in [2.05, 4.69) is 10.3 Å². The highest BCUT2D eigenvalue weighted by atomic mass is 35.5. The van der Waals surface area contributed by atoms with Crippen LogP contribution in [0.3, 0.4) is 0 Å². The van der Waals surface area contributed by atoms with Crippen molar-refractivity contribution in [2.45, 2.75) is 12.3 Å². The Kier molecular flexibility index (Phi) is 3.74. The molecular weight excluding hydrogens is 218 g/mol. The van der Waals surface area contributed by atoms with E-state index in [4.69, 9.17) is 22.1 Å². The molecule has 15 heavy (non-hydrogen) atoms. The van der Waals surface area contributed by atoms with E-state index in [1.807, 2.05) is 0 Å². The second-order valence-electron chi connectivity index (χ2n) is 2.92. The molecule has 3 N–H and O–H groups in total. The summed E-state index contributed by atoms with van der Waals surface area (Å²) in [7, 11) is 1.47. The lowest BCUT2D eigenvalue weighted by Gasteiger charge is -2.10. The second-order valence-corrected chi connectivity index (χ2v) is 3.58. The lowest BCUT2D eigenvalue weighted by atomic mass is 10.3. The maximum Gasteiger partial charge on any atom is 0.243 e. The number of nitrogen functional groups attached to an aromatic ring is 1.